The zero-order valence-electron chi connectivity index (χ0n) is 16.7. The highest BCUT2D eigenvalue weighted by Gasteiger charge is 2.20. The van der Waals surface area contributed by atoms with Crippen molar-refractivity contribution in [1.29, 1.82) is 10.5 Å². The third kappa shape index (κ3) is 4.86. The molecule has 1 N–H and O–H groups in total. The molecule has 3 aromatic rings. The lowest BCUT2D eigenvalue weighted by molar-refractivity contribution is -0.384. The van der Waals surface area contributed by atoms with Crippen molar-refractivity contribution in [3.8, 4) is 23.5 Å². The lowest BCUT2D eigenvalue weighted by atomic mass is 10.1. The average molecular weight is 415 g/mol. The molecule has 3 rings (SSSR count). The molecule has 0 saturated heterocycles. The first-order valence-electron chi connectivity index (χ1n) is 9.19. The van der Waals surface area contributed by atoms with Crippen molar-refractivity contribution >= 4 is 23.0 Å². The number of nitrogens with one attached hydrogen (secondary N) is 1. The van der Waals surface area contributed by atoms with Crippen LogP contribution in [0.5, 0.6) is 0 Å². The Labute approximate surface area is 177 Å². The maximum atomic E-state index is 10.7. The van der Waals surface area contributed by atoms with Crippen LogP contribution >= 0.6 is 0 Å². The zero-order chi connectivity index (χ0) is 22.4. The van der Waals surface area contributed by atoms with E-state index < -0.39 is 17.0 Å². The van der Waals surface area contributed by atoms with Gasteiger partial charge >= 0.3 is 0 Å². The van der Waals surface area contributed by atoms with Crippen LogP contribution in [-0.2, 0) is 0 Å². The second-order valence-electron chi connectivity index (χ2n) is 6.52. The fraction of sp³-hybridized carbons (Fsp3) is 0.200. The van der Waals surface area contributed by atoms with E-state index in [1.807, 2.05) is 0 Å². The molecule has 11 nitrogen and oxygen atoms in total. The Morgan fingerprint density at radius 2 is 1.65 bits per heavy atom. The number of aromatic nitrogens is 3. The minimum Gasteiger partial charge on any atom is -0.340 e. The van der Waals surface area contributed by atoms with E-state index >= 15 is 0 Å². The van der Waals surface area contributed by atoms with Gasteiger partial charge in [0.1, 0.15) is 12.1 Å². The predicted octanol–water partition coefficient (Wildman–Crippen LogP) is 4.43. The summed E-state index contributed by atoms with van der Waals surface area (Å²) in [5.74, 6) is 0.515. The minimum absolute atomic E-state index is 0.0153. The summed E-state index contributed by atoms with van der Waals surface area (Å²) in [6.07, 6.45) is 0. The highest BCUT2D eigenvalue weighted by atomic mass is 16.6. The molecular formula is C20H17N9O2. The first-order chi connectivity index (χ1) is 14.9. The molecule has 0 radical (unpaired) electrons. The number of anilines is 1. The summed E-state index contributed by atoms with van der Waals surface area (Å²) >= 11 is 0. The molecular weight excluding hydrogens is 398 g/mol. The molecule has 0 amide bonds. The molecule has 31 heavy (non-hydrogen) atoms. The topological polar surface area (TPSA) is 160 Å². The van der Waals surface area contributed by atoms with Crippen LogP contribution in [0.25, 0.3) is 11.4 Å². The Balaban J connectivity index is 1.73. The number of non-ortho nitro benzene ring substituents is 1. The Morgan fingerprint density at radius 3 is 2.19 bits per heavy atom. The number of rotatable bonds is 7. The number of hydrogen-bond acceptors (Lipinski definition) is 9. The summed E-state index contributed by atoms with van der Waals surface area (Å²) in [6.45, 7) is 3.46. The van der Waals surface area contributed by atoms with E-state index in [1.165, 1.54) is 12.1 Å². The van der Waals surface area contributed by atoms with Crippen molar-refractivity contribution in [3.63, 3.8) is 0 Å². The summed E-state index contributed by atoms with van der Waals surface area (Å²) < 4.78 is 0. The second kappa shape index (κ2) is 9.24. The van der Waals surface area contributed by atoms with Crippen LogP contribution < -0.4 is 4.90 Å². The van der Waals surface area contributed by atoms with Crippen LogP contribution in [0.3, 0.4) is 0 Å². The molecule has 0 aliphatic carbocycles. The van der Waals surface area contributed by atoms with Crippen molar-refractivity contribution in [2.75, 3.05) is 4.90 Å². The lowest BCUT2D eigenvalue weighted by Crippen LogP contribution is -2.38. The Hall–Kier alpha value is -4.64. The van der Waals surface area contributed by atoms with E-state index in [0.717, 1.165) is 5.69 Å². The predicted molar refractivity (Wildman–Crippen MR) is 112 cm³/mol. The minimum atomic E-state index is -0.476. The van der Waals surface area contributed by atoms with Gasteiger partial charge in [0.05, 0.1) is 22.7 Å². The van der Waals surface area contributed by atoms with Crippen LogP contribution in [0.2, 0.25) is 0 Å². The van der Waals surface area contributed by atoms with E-state index in [9.17, 15) is 20.6 Å². The Kier molecular flexibility index (Phi) is 6.28. The van der Waals surface area contributed by atoms with E-state index in [1.54, 1.807) is 55.1 Å². The molecule has 2 atom stereocenters. The largest absolute Gasteiger partial charge is 0.340 e. The SMILES string of the molecule is CC(C#N)N(c1ccc(N=Nc2n[nH]c(-c3ccc([N+](=O)[O-])cc3)n2)cc1)C(C)C#N. The van der Waals surface area contributed by atoms with Gasteiger partial charge in [0.15, 0.2) is 5.82 Å². The van der Waals surface area contributed by atoms with Crippen molar-refractivity contribution < 1.29 is 4.92 Å². The third-order valence-corrected chi connectivity index (χ3v) is 4.44. The van der Waals surface area contributed by atoms with Gasteiger partial charge < -0.3 is 4.90 Å². The van der Waals surface area contributed by atoms with E-state index in [0.29, 0.717) is 17.1 Å². The molecule has 1 aromatic heterocycles. The quantitative estimate of drug-likeness (QED) is 0.339. The van der Waals surface area contributed by atoms with Gasteiger partial charge in [0.2, 0.25) is 0 Å². The molecule has 0 aliphatic rings. The summed E-state index contributed by atoms with van der Waals surface area (Å²) in [5.41, 5.74) is 1.88. The molecule has 0 saturated carbocycles. The number of nitrogens with zero attached hydrogens (tertiary/aromatic N) is 8. The van der Waals surface area contributed by atoms with Gasteiger partial charge in [-0.3, -0.25) is 15.2 Å². The van der Waals surface area contributed by atoms with Crippen molar-refractivity contribution in [2.45, 2.75) is 25.9 Å². The fourth-order valence-corrected chi connectivity index (χ4v) is 2.87. The van der Waals surface area contributed by atoms with Gasteiger partial charge in [-0.1, -0.05) is 0 Å². The maximum Gasteiger partial charge on any atom is 0.287 e. The number of nitriles is 2. The van der Waals surface area contributed by atoms with E-state index in [2.05, 4.69) is 37.5 Å². The molecule has 0 spiro atoms. The summed E-state index contributed by atoms with van der Waals surface area (Å²) in [6, 6.07) is 16.2. The second-order valence-corrected chi connectivity index (χ2v) is 6.52. The van der Waals surface area contributed by atoms with Crippen LogP contribution in [-0.4, -0.2) is 32.2 Å². The normalized spacial score (nSPS) is 12.6. The highest BCUT2D eigenvalue weighted by Crippen LogP contribution is 2.25. The van der Waals surface area contributed by atoms with Crippen LogP contribution in [0.4, 0.5) is 23.0 Å². The smallest absolute Gasteiger partial charge is 0.287 e. The van der Waals surface area contributed by atoms with Gasteiger partial charge in [-0.25, -0.2) is 0 Å². The Bertz CT molecular complexity index is 1150. The summed E-state index contributed by atoms with van der Waals surface area (Å²) in [7, 11) is 0. The van der Waals surface area contributed by atoms with Gasteiger partial charge in [-0.15, -0.1) is 15.3 Å². The average Bonchev–Trinajstić information content (AvgIpc) is 3.27. The zero-order valence-corrected chi connectivity index (χ0v) is 16.7. The Morgan fingerprint density at radius 1 is 1.03 bits per heavy atom. The molecule has 2 unspecified atom stereocenters. The number of H-pyrrole nitrogens is 1. The number of hydrogen-bond donors (Lipinski definition) is 1. The molecule has 2 aromatic carbocycles. The first kappa shape index (κ1) is 21.1. The van der Waals surface area contributed by atoms with Gasteiger partial charge in [-0.2, -0.15) is 15.5 Å². The first-order valence-corrected chi connectivity index (χ1v) is 9.19. The third-order valence-electron chi connectivity index (χ3n) is 4.44. The number of aromatic amines is 1. The van der Waals surface area contributed by atoms with Gasteiger partial charge in [-0.05, 0) is 50.2 Å². The van der Waals surface area contributed by atoms with Gasteiger partial charge in [0.25, 0.3) is 11.6 Å². The van der Waals surface area contributed by atoms with Crippen LogP contribution in [0.1, 0.15) is 13.8 Å². The number of azo groups is 1. The number of nitro groups is 1. The molecule has 1 heterocycles. The molecule has 0 fully saturated rings. The molecule has 11 heteroatoms. The summed E-state index contributed by atoms with van der Waals surface area (Å²) in [4.78, 5) is 16.2. The monoisotopic (exact) mass is 415 g/mol. The lowest BCUT2D eigenvalue weighted by Gasteiger charge is -2.29. The van der Waals surface area contributed by atoms with Crippen molar-refractivity contribution in [2.24, 2.45) is 10.2 Å². The van der Waals surface area contributed by atoms with Crippen LogP contribution in [0.15, 0.2) is 58.8 Å². The van der Waals surface area contributed by atoms with Crippen molar-refractivity contribution in [1.82, 2.24) is 15.2 Å². The fourth-order valence-electron chi connectivity index (χ4n) is 2.87. The van der Waals surface area contributed by atoms with E-state index in [-0.39, 0.29) is 11.6 Å². The highest BCUT2D eigenvalue weighted by molar-refractivity contribution is 5.58. The standard InChI is InChI=1S/C20H17N9O2/c1-13(11-21)28(14(2)12-22)17-9-5-16(6-10-17)24-26-20-23-19(25-27-20)15-3-7-18(8-4-15)29(30)31/h3-10,13-14H,1-2H3,(H,23,25,27). The van der Waals surface area contributed by atoms with Crippen molar-refractivity contribution in [3.05, 3.63) is 58.6 Å². The number of benzene rings is 2. The molecule has 154 valence electrons. The van der Waals surface area contributed by atoms with Gasteiger partial charge in [0, 0.05) is 23.4 Å². The maximum absolute atomic E-state index is 10.7. The number of nitro benzene ring substituents is 1. The molecule has 0 bridgehead atoms. The van der Waals surface area contributed by atoms with Crippen LogP contribution in [0, 0.1) is 32.8 Å². The molecule has 0 aliphatic heterocycles. The summed E-state index contributed by atoms with van der Waals surface area (Å²) in [5, 5.41) is 43.9. The van der Waals surface area contributed by atoms with E-state index in [4.69, 9.17) is 0 Å².